The quantitative estimate of drug-likeness (QED) is 0.589. The van der Waals surface area contributed by atoms with Gasteiger partial charge in [0.15, 0.2) is 0 Å². The van der Waals surface area contributed by atoms with Gasteiger partial charge in [0.2, 0.25) is 5.91 Å². The van der Waals surface area contributed by atoms with Gasteiger partial charge in [-0.15, -0.1) is 0 Å². The summed E-state index contributed by atoms with van der Waals surface area (Å²) in [6, 6.07) is 0. The normalized spacial score (nSPS) is 15.8. The van der Waals surface area contributed by atoms with Crippen LogP contribution in [0.5, 0.6) is 0 Å². The van der Waals surface area contributed by atoms with E-state index in [1.165, 1.54) is 0 Å². The minimum atomic E-state index is -0.445. The molecule has 0 radical (unpaired) electrons. The molecule has 114 valence electrons. The van der Waals surface area contributed by atoms with Crippen molar-refractivity contribution in [3.05, 3.63) is 0 Å². The highest BCUT2D eigenvalue weighted by Gasteiger charge is 2.31. The van der Waals surface area contributed by atoms with E-state index in [0.717, 1.165) is 19.4 Å². The molecule has 0 saturated heterocycles. The molecule has 4 heteroatoms. The van der Waals surface area contributed by atoms with E-state index in [1.807, 2.05) is 20.8 Å². The van der Waals surface area contributed by atoms with Gasteiger partial charge in [-0.1, -0.05) is 27.2 Å². The van der Waals surface area contributed by atoms with E-state index in [-0.39, 0.29) is 5.91 Å². The summed E-state index contributed by atoms with van der Waals surface area (Å²) in [7, 11) is 0. The number of hydrogen-bond acceptors (Lipinski definition) is 3. The van der Waals surface area contributed by atoms with Crippen molar-refractivity contribution in [2.75, 3.05) is 33.0 Å². The van der Waals surface area contributed by atoms with Gasteiger partial charge in [0.05, 0.1) is 18.6 Å². The highest BCUT2D eigenvalue weighted by atomic mass is 16.5. The number of carbonyl (C=O) groups excluding carboxylic acids is 1. The molecule has 0 heterocycles. The summed E-state index contributed by atoms with van der Waals surface area (Å²) in [5.74, 6) is 0.598. The van der Waals surface area contributed by atoms with E-state index < -0.39 is 5.41 Å². The standard InChI is InChI=1S/C15H31NO3/c1-6-13(4)11-19-12-15(5,7-2)14(17)16-9-10-18-8-3/h13H,6-12H2,1-5H3,(H,16,17). The Morgan fingerprint density at radius 1 is 1.26 bits per heavy atom. The van der Waals surface area contributed by atoms with Crippen LogP contribution in [0.3, 0.4) is 0 Å². The lowest BCUT2D eigenvalue weighted by atomic mass is 9.87. The molecule has 0 aromatic rings. The maximum Gasteiger partial charge on any atom is 0.228 e. The van der Waals surface area contributed by atoms with E-state index in [1.54, 1.807) is 0 Å². The van der Waals surface area contributed by atoms with E-state index >= 15 is 0 Å². The zero-order valence-electron chi connectivity index (χ0n) is 13.3. The fourth-order valence-electron chi connectivity index (χ4n) is 1.53. The van der Waals surface area contributed by atoms with Crippen LogP contribution >= 0.6 is 0 Å². The summed E-state index contributed by atoms with van der Waals surface area (Å²) in [4.78, 5) is 12.2. The van der Waals surface area contributed by atoms with Crippen LogP contribution in [0.4, 0.5) is 0 Å². The smallest absolute Gasteiger partial charge is 0.228 e. The maximum absolute atomic E-state index is 12.2. The zero-order valence-corrected chi connectivity index (χ0v) is 13.3. The number of rotatable bonds is 11. The van der Waals surface area contributed by atoms with E-state index in [9.17, 15) is 4.79 Å². The maximum atomic E-state index is 12.2. The molecular weight excluding hydrogens is 242 g/mol. The Labute approximate surface area is 118 Å². The fourth-order valence-corrected chi connectivity index (χ4v) is 1.53. The van der Waals surface area contributed by atoms with Gasteiger partial charge in [-0.05, 0) is 26.2 Å². The third kappa shape index (κ3) is 7.53. The van der Waals surface area contributed by atoms with Gasteiger partial charge in [0.25, 0.3) is 0 Å². The van der Waals surface area contributed by atoms with Crippen LogP contribution in [0, 0.1) is 11.3 Å². The molecule has 0 aliphatic heterocycles. The van der Waals surface area contributed by atoms with Crippen molar-refractivity contribution < 1.29 is 14.3 Å². The molecule has 0 aromatic carbocycles. The molecule has 4 nitrogen and oxygen atoms in total. The topological polar surface area (TPSA) is 47.6 Å². The molecule has 0 bridgehead atoms. The fraction of sp³-hybridized carbons (Fsp3) is 0.933. The molecule has 0 fully saturated rings. The first-order valence-electron chi connectivity index (χ1n) is 7.43. The monoisotopic (exact) mass is 273 g/mol. The number of nitrogens with one attached hydrogen (secondary N) is 1. The number of ether oxygens (including phenoxy) is 2. The number of amides is 1. The lowest BCUT2D eigenvalue weighted by Gasteiger charge is -2.27. The first kappa shape index (κ1) is 18.4. The average Bonchev–Trinajstić information content (AvgIpc) is 2.42. The minimum Gasteiger partial charge on any atom is -0.380 e. The second kappa shape index (κ2) is 10.2. The SMILES string of the molecule is CCOCCNC(=O)C(C)(CC)COCC(C)CC. The molecule has 0 saturated carbocycles. The van der Waals surface area contributed by atoms with Crippen molar-refractivity contribution in [1.82, 2.24) is 5.32 Å². The highest BCUT2D eigenvalue weighted by molar-refractivity contribution is 5.82. The lowest BCUT2D eigenvalue weighted by Crippen LogP contribution is -2.43. The molecule has 1 amide bonds. The van der Waals surface area contributed by atoms with Crippen LogP contribution in [-0.2, 0) is 14.3 Å². The molecular formula is C15H31NO3. The molecule has 19 heavy (non-hydrogen) atoms. The molecule has 2 unspecified atom stereocenters. The van der Waals surface area contributed by atoms with Gasteiger partial charge in [0.1, 0.15) is 0 Å². The van der Waals surface area contributed by atoms with Crippen LogP contribution < -0.4 is 5.32 Å². The van der Waals surface area contributed by atoms with Crippen LogP contribution in [0.15, 0.2) is 0 Å². The largest absolute Gasteiger partial charge is 0.380 e. The van der Waals surface area contributed by atoms with Crippen LogP contribution in [0.25, 0.3) is 0 Å². The Balaban J connectivity index is 4.07. The molecule has 0 spiro atoms. The molecule has 0 aliphatic rings. The Morgan fingerprint density at radius 3 is 2.47 bits per heavy atom. The minimum absolute atomic E-state index is 0.0545. The van der Waals surface area contributed by atoms with Gasteiger partial charge >= 0.3 is 0 Å². The van der Waals surface area contributed by atoms with Gasteiger partial charge in [-0.3, -0.25) is 4.79 Å². The Kier molecular flexibility index (Phi) is 9.88. The second-order valence-corrected chi connectivity index (χ2v) is 5.40. The first-order valence-corrected chi connectivity index (χ1v) is 7.43. The van der Waals surface area contributed by atoms with Gasteiger partial charge in [-0.2, -0.15) is 0 Å². The molecule has 1 N–H and O–H groups in total. The highest BCUT2D eigenvalue weighted by Crippen LogP contribution is 2.22. The summed E-state index contributed by atoms with van der Waals surface area (Å²) in [5, 5.41) is 2.92. The Morgan fingerprint density at radius 2 is 1.95 bits per heavy atom. The van der Waals surface area contributed by atoms with Crippen molar-refractivity contribution in [1.29, 1.82) is 0 Å². The van der Waals surface area contributed by atoms with Crippen LogP contribution in [-0.4, -0.2) is 38.9 Å². The van der Waals surface area contributed by atoms with Crippen molar-refractivity contribution in [3.8, 4) is 0 Å². The van der Waals surface area contributed by atoms with E-state index in [4.69, 9.17) is 9.47 Å². The summed E-state index contributed by atoms with van der Waals surface area (Å²) in [5.41, 5.74) is -0.445. The zero-order chi connectivity index (χ0) is 14.7. The Hall–Kier alpha value is -0.610. The predicted molar refractivity (Wildman–Crippen MR) is 78.2 cm³/mol. The molecule has 0 rings (SSSR count). The first-order chi connectivity index (χ1) is 9.00. The predicted octanol–water partition coefficient (Wildman–Crippen LogP) is 2.62. The van der Waals surface area contributed by atoms with Crippen LogP contribution in [0.1, 0.15) is 47.5 Å². The number of carbonyl (C=O) groups is 1. The summed E-state index contributed by atoms with van der Waals surface area (Å²) in [6.07, 6.45) is 1.87. The average molecular weight is 273 g/mol. The van der Waals surface area contributed by atoms with Crippen molar-refractivity contribution in [2.24, 2.45) is 11.3 Å². The molecule has 2 atom stereocenters. The van der Waals surface area contributed by atoms with Gasteiger partial charge < -0.3 is 14.8 Å². The second-order valence-electron chi connectivity index (χ2n) is 5.40. The lowest BCUT2D eigenvalue weighted by molar-refractivity contribution is -0.134. The third-order valence-corrected chi connectivity index (χ3v) is 3.58. The summed E-state index contributed by atoms with van der Waals surface area (Å²) >= 11 is 0. The van der Waals surface area contributed by atoms with E-state index in [0.29, 0.717) is 32.3 Å². The third-order valence-electron chi connectivity index (χ3n) is 3.58. The number of hydrogen-bond donors (Lipinski definition) is 1. The van der Waals surface area contributed by atoms with Crippen molar-refractivity contribution in [3.63, 3.8) is 0 Å². The Bertz CT molecular complexity index is 246. The van der Waals surface area contributed by atoms with Gasteiger partial charge in [0, 0.05) is 19.8 Å². The molecule has 0 aliphatic carbocycles. The van der Waals surface area contributed by atoms with Crippen LogP contribution in [0.2, 0.25) is 0 Å². The van der Waals surface area contributed by atoms with Crippen molar-refractivity contribution >= 4 is 5.91 Å². The summed E-state index contributed by atoms with van der Waals surface area (Å²) < 4.78 is 10.9. The summed E-state index contributed by atoms with van der Waals surface area (Å²) in [6.45, 7) is 13.2. The van der Waals surface area contributed by atoms with Gasteiger partial charge in [-0.25, -0.2) is 0 Å². The van der Waals surface area contributed by atoms with E-state index in [2.05, 4.69) is 19.2 Å². The molecule has 0 aromatic heterocycles. The van der Waals surface area contributed by atoms with Crippen molar-refractivity contribution in [2.45, 2.75) is 47.5 Å².